The maximum absolute atomic E-state index is 12.6. The zero-order valence-electron chi connectivity index (χ0n) is 17.8. The van der Waals surface area contributed by atoms with Gasteiger partial charge in [0.05, 0.1) is 12.5 Å². The fraction of sp³-hybridized carbons (Fsp3) is 0.667. The van der Waals surface area contributed by atoms with Crippen LogP contribution in [0.5, 0.6) is 0 Å². The third-order valence-corrected chi connectivity index (χ3v) is 4.29. The van der Waals surface area contributed by atoms with Crippen molar-refractivity contribution in [2.45, 2.75) is 69.6 Å². The van der Waals surface area contributed by atoms with Gasteiger partial charge < -0.3 is 43.4 Å². The molecular weight excluding hydrogens is 428 g/mol. The molecule has 0 saturated carbocycles. The topological polar surface area (TPSA) is 257 Å². The molecule has 4 atom stereocenters. The lowest BCUT2D eigenvalue weighted by Crippen LogP contribution is -2.57. The molecule has 0 spiro atoms. The Morgan fingerprint density at radius 3 is 1.81 bits per heavy atom. The van der Waals surface area contributed by atoms with Crippen LogP contribution < -0.4 is 33.2 Å². The maximum atomic E-state index is 12.6. The van der Waals surface area contributed by atoms with Gasteiger partial charge in [0.2, 0.25) is 23.6 Å². The molecule has 0 heterocycles. The molecule has 4 amide bonds. The Labute approximate surface area is 184 Å². The van der Waals surface area contributed by atoms with E-state index in [1.165, 1.54) is 6.92 Å². The first-order valence-electron chi connectivity index (χ1n) is 9.98. The number of aliphatic carboxylic acids is 2. The first kappa shape index (κ1) is 28.7. The lowest BCUT2D eigenvalue weighted by Gasteiger charge is -2.24. The molecule has 0 aliphatic heterocycles. The van der Waals surface area contributed by atoms with Crippen LogP contribution in [0.2, 0.25) is 0 Å². The van der Waals surface area contributed by atoms with Crippen molar-refractivity contribution in [2.75, 3.05) is 6.54 Å². The number of nitrogens with two attached hydrogens (primary N) is 3. The molecule has 4 unspecified atom stereocenters. The minimum absolute atomic E-state index is 0.0760. The summed E-state index contributed by atoms with van der Waals surface area (Å²) in [6.45, 7) is 1.68. The van der Waals surface area contributed by atoms with Crippen LogP contribution in [0.1, 0.15) is 45.4 Å². The maximum Gasteiger partial charge on any atom is 0.326 e. The number of hydrogen-bond donors (Lipinski definition) is 8. The number of carbonyl (C=O) groups excluding carboxylic acids is 4. The van der Waals surface area contributed by atoms with Crippen molar-refractivity contribution in [1.82, 2.24) is 16.0 Å². The monoisotopic (exact) mass is 460 g/mol. The van der Waals surface area contributed by atoms with Crippen molar-refractivity contribution in [2.24, 2.45) is 17.2 Å². The van der Waals surface area contributed by atoms with Crippen molar-refractivity contribution >= 4 is 35.6 Å². The molecule has 182 valence electrons. The second-order valence-corrected chi connectivity index (χ2v) is 7.20. The highest BCUT2D eigenvalue weighted by Crippen LogP contribution is 2.05. The van der Waals surface area contributed by atoms with Crippen LogP contribution in [0.3, 0.4) is 0 Å². The van der Waals surface area contributed by atoms with E-state index in [1.54, 1.807) is 0 Å². The molecule has 0 fully saturated rings. The van der Waals surface area contributed by atoms with Crippen molar-refractivity contribution in [3.05, 3.63) is 0 Å². The molecule has 0 radical (unpaired) electrons. The Balaban J connectivity index is 5.46. The van der Waals surface area contributed by atoms with Crippen LogP contribution in [0.4, 0.5) is 0 Å². The molecule has 0 rings (SSSR count). The van der Waals surface area contributed by atoms with Gasteiger partial charge in [-0.1, -0.05) is 0 Å². The van der Waals surface area contributed by atoms with Gasteiger partial charge in [-0.15, -0.1) is 0 Å². The molecule has 11 N–H and O–H groups in total. The van der Waals surface area contributed by atoms with Crippen molar-refractivity contribution < 1.29 is 39.0 Å². The average Bonchev–Trinajstić information content (AvgIpc) is 2.68. The third-order valence-electron chi connectivity index (χ3n) is 4.29. The fourth-order valence-corrected chi connectivity index (χ4v) is 2.55. The number of carboxylic acids is 2. The summed E-state index contributed by atoms with van der Waals surface area (Å²) in [7, 11) is 0. The van der Waals surface area contributed by atoms with E-state index in [-0.39, 0.29) is 12.8 Å². The van der Waals surface area contributed by atoms with Gasteiger partial charge in [0.15, 0.2) is 0 Å². The number of hydrogen-bond acceptors (Lipinski definition) is 8. The summed E-state index contributed by atoms with van der Waals surface area (Å²) in [5.41, 5.74) is 15.9. The van der Waals surface area contributed by atoms with E-state index < -0.39 is 72.6 Å². The van der Waals surface area contributed by atoms with Gasteiger partial charge in [-0.3, -0.25) is 24.0 Å². The smallest absolute Gasteiger partial charge is 0.326 e. The standard InChI is InChI=1S/C18H32N6O8/c1-9(20)15(28)24-12(8-13(21)25)17(30)22-10(5-6-14(26)27)16(29)23-11(18(31)32)4-2-3-7-19/h9-12H,2-8,19-20H2,1H3,(H2,21,25)(H,22,30)(H,23,29)(H,24,28)(H,26,27)(H,31,32). The minimum atomic E-state index is -1.47. The van der Waals surface area contributed by atoms with E-state index in [9.17, 15) is 33.9 Å². The summed E-state index contributed by atoms with van der Waals surface area (Å²) >= 11 is 0. The van der Waals surface area contributed by atoms with E-state index in [2.05, 4.69) is 16.0 Å². The van der Waals surface area contributed by atoms with Gasteiger partial charge in [0.25, 0.3) is 0 Å². The number of carboxylic acid groups (broad SMARTS) is 2. The molecule has 32 heavy (non-hydrogen) atoms. The summed E-state index contributed by atoms with van der Waals surface area (Å²) in [5, 5.41) is 24.9. The SMILES string of the molecule is CC(N)C(=O)NC(CC(N)=O)C(=O)NC(CCC(=O)O)C(=O)NC(CCCCN)C(=O)O. The molecule has 0 saturated heterocycles. The lowest BCUT2D eigenvalue weighted by atomic mass is 10.1. The number of primary amides is 1. The second kappa shape index (κ2) is 14.7. The van der Waals surface area contributed by atoms with E-state index in [4.69, 9.17) is 22.3 Å². The molecule has 0 aromatic carbocycles. The highest BCUT2D eigenvalue weighted by atomic mass is 16.4. The van der Waals surface area contributed by atoms with Crippen LogP contribution in [0.25, 0.3) is 0 Å². The molecule has 14 heteroatoms. The van der Waals surface area contributed by atoms with Gasteiger partial charge in [-0.05, 0) is 39.2 Å². The van der Waals surface area contributed by atoms with Crippen LogP contribution in [-0.2, 0) is 28.8 Å². The number of rotatable bonds is 16. The number of nitrogens with one attached hydrogen (secondary N) is 3. The fourth-order valence-electron chi connectivity index (χ4n) is 2.55. The summed E-state index contributed by atoms with van der Waals surface area (Å²) in [6, 6.07) is -5.20. The van der Waals surface area contributed by atoms with Crippen LogP contribution >= 0.6 is 0 Å². The molecular formula is C18H32N6O8. The molecule has 0 aliphatic rings. The molecule has 0 aromatic heterocycles. The molecule has 0 aliphatic carbocycles. The highest BCUT2D eigenvalue weighted by Gasteiger charge is 2.30. The molecule has 14 nitrogen and oxygen atoms in total. The summed E-state index contributed by atoms with van der Waals surface area (Å²) in [4.78, 5) is 70.6. The third kappa shape index (κ3) is 11.8. The largest absolute Gasteiger partial charge is 0.481 e. The van der Waals surface area contributed by atoms with Gasteiger partial charge in [0.1, 0.15) is 18.1 Å². The number of amides is 4. The quantitative estimate of drug-likeness (QED) is 0.107. The van der Waals surface area contributed by atoms with Gasteiger partial charge in [-0.25, -0.2) is 4.79 Å². The van der Waals surface area contributed by atoms with E-state index in [0.29, 0.717) is 19.4 Å². The van der Waals surface area contributed by atoms with Gasteiger partial charge in [-0.2, -0.15) is 0 Å². The van der Waals surface area contributed by atoms with E-state index in [0.717, 1.165) is 0 Å². The molecule has 0 aromatic rings. The lowest BCUT2D eigenvalue weighted by molar-refractivity contribution is -0.143. The predicted octanol–water partition coefficient (Wildman–Crippen LogP) is -3.26. The first-order valence-corrected chi connectivity index (χ1v) is 9.98. The summed E-state index contributed by atoms with van der Waals surface area (Å²) in [5.74, 6) is -6.17. The minimum Gasteiger partial charge on any atom is -0.481 e. The second-order valence-electron chi connectivity index (χ2n) is 7.20. The van der Waals surface area contributed by atoms with E-state index in [1.807, 2.05) is 0 Å². The Morgan fingerprint density at radius 1 is 0.812 bits per heavy atom. The van der Waals surface area contributed by atoms with E-state index >= 15 is 0 Å². The molecule has 0 bridgehead atoms. The van der Waals surface area contributed by atoms with Crippen LogP contribution in [0.15, 0.2) is 0 Å². The summed E-state index contributed by atoms with van der Waals surface area (Å²) in [6.07, 6.45) is -0.458. The Hall–Kier alpha value is -3.26. The van der Waals surface area contributed by atoms with Gasteiger partial charge >= 0.3 is 11.9 Å². The number of unbranched alkanes of at least 4 members (excludes halogenated alkanes) is 1. The Bertz CT molecular complexity index is 699. The summed E-state index contributed by atoms with van der Waals surface area (Å²) < 4.78 is 0. The van der Waals surface area contributed by atoms with Crippen LogP contribution in [-0.4, -0.2) is 76.5 Å². The zero-order chi connectivity index (χ0) is 24.8. The van der Waals surface area contributed by atoms with Crippen LogP contribution in [0, 0.1) is 0 Å². The Kier molecular flexibility index (Phi) is 13.2. The Morgan fingerprint density at radius 2 is 1.34 bits per heavy atom. The predicted molar refractivity (Wildman–Crippen MR) is 111 cm³/mol. The highest BCUT2D eigenvalue weighted by molar-refractivity contribution is 5.96. The normalized spacial score (nSPS) is 14.3. The number of carbonyl (C=O) groups is 6. The average molecular weight is 460 g/mol. The zero-order valence-corrected chi connectivity index (χ0v) is 17.8. The first-order chi connectivity index (χ1) is 14.9. The van der Waals surface area contributed by atoms with Crippen molar-refractivity contribution in [3.63, 3.8) is 0 Å². The van der Waals surface area contributed by atoms with Crippen molar-refractivity contribution in [1.29, 1.82) is 0 Å². The van der Waals surface area contributed by atoms with Gasteiger partial charge in [0, 0.05) is 6.42 Å². The van der Waals surface area contributed by atoms with Crippen molar-refractivity contribution in [3.8, 4) is 0 Å².